The molecular weight excluding hydrogens is 480 g/mol. The van der Waals surface area contributed by atoms with E-state index in [4.69, 9.17) is 16.1 Å². The summed E-state index contributed by atoms with van der Waals surface area (Å²) in [6, 6.07) is 12.5. The fraction of sp³-hybridized carbons (Fsp3) is 0.400. The van der Waals surface area contributed by atoms with Crippen molar-refractivity contribution in [3.63, 3.8) is 0 Å². The number of terminal acetylenes is 1. The van der Waals surface area contributed by atoms with Crippen LogP contribution in [0.25, 0.3) is 21.0 Å². The van der Waals surface area contributed by atoms with Crippen LogP contribution in [0.4, 0.5) is 0 Å². The van der Waals surface area contributed by atoms with E-state index in [2.05, 4.69) is 34.8 Å². The zero-order valence-electron chi connectivity index (χ0n) is 21.5. The summed E-state index contributed by atoms with van der Waals surface area (Å²) in [6.07, 6.45) is 9.93. The number of amides is 1. The van der Waals surface area contributed by atoms with Gasteiger partial charge in [-0.1, -0.05) is 24.1 Å². The maximum atomic E-state index is 12.5. The van der Waals surface area contributed by atoms with E-state index in [-0.39, 0.29) is 12.0 Å². The Morgan fingerprint density at radius 2 is 2.14 bits per heavy atom. The van der Waals surface area contributed by atoms with Gasteiger partial charge in [-0.3, -0.25) is 4.79 Å². The Labute approximate surface area is 223 Å². The topological polar surface area (TPSA) is 66.5 Å². The van der Waals surface area contributed by atoms with Gasteiger partial charge in [-0.25, -0.2) is 4.98 Å². The van der Waals surface area contributed by atoms with Gasteiger partial charge in [0.2, 0.25) is 5.91 Å². The number of ether oxygens (including phenoxy) is 1. The molecule has 3 aromatic rings. The number of piperazine rings is 1. The van der Waals surface area contributed by atoms with Crippen molar-refractivity contribution < 1.29 is 9.53 Å². The highest BCUT2D eigenvalue weighted by Crippen LogP contribution is 2.41. The Hall–Kier alpha value is -3.18. The predicted octanol–water partition coefficient (Wildman–Crippen LogP) is 4.30. The maximum absolute atomic E-state index is 12.5. The molecule has 1 aliphatic heterocycles. The van der Waals surface area contributed by atoms with Gasteiger partial charge >= 0.3 is 0 Å². The van der Waals surface area contributed by atoms with E-state index in [9.17, 15) is 4.79 Å². The Bertz CT molecular complexity index is 1300. The quantitative estimate of drug-likeness (QED) is 0.439. The van der Waals surface area contributed by atoms with Crippen LogP contribution in [0.5, 0.6) is 5.75 Å². The van der Waals surface area contributed by atoms with Crippen LogP contribution in [0.15, 0.2) is 42.6 Å². The normalized spacial score (nSPS) is 17.0. The molecule has 7 heteroatoms. The van der Waals surface area contributed by atoms with Crippen LogP contribution in [-0.4, -0.2) is 61.2 Å². The van der Waals surface area contributed by atoms with Crippen LogP contribution in [0.2, 0.25) is 0 Å². The van der Waals surface area contributed by atoms with Gasteiger partial charge < -0.3 is 20.3 Å². The molecule has 2 heterocycles. The standard InChI is InChI=1S/C30H34N4O2S/c1-4-21-16-22(9-11-27(21)36-20(2)3)30-33-18-28(37-30)26-7-5-6-24-23(8-10-25(24)26)17-32-19-29(35)34-14-12-31-13-15-34/h1,5-7,9,11,16,18,20,23,31-32H,8,10,12-15,17,19H2,2-3H3. The smallest absolute Gasteiger partial charge is 0.236 e. The van der Waals surface area contributed by atoms with E-state index in [1.807, 2.05) is 43.1 Å². The number of aromatic nitrogens is 1. The molecule has 2 N–H and O–H groups in total. The molecule has 1 saturated heterocycles. The number of thiazole rings is 1. The number of benzene rings is 2. The number of hydrogen-bond acceptors (Lipinski definition) is 6. The third-order valence-electron chi connectivity index (χ3n) is 7.05. The summed E-state index contributed by atoms with van der Waals surface area (Å²) in [5.74, 6) is 4.10. The number of nitrogens with zero attached hydrogens (tertiary/aromatic N) is 2. The molecule has 1 atom stereocenters. The molecule has 37 heavy (non-hydrogen) atoms. The van der Waals surface area contributed by atoms with Gasteiger partial charge in [0, 0.05) is 44.5 Å². The minimum absolute atomic E-state index is 0.0660. The SMILES string of the molecule is C#Cc1cc(-c2ncc(-c3cccc4c3CCC4CNCC(=O)N3CCNCC3)s2)ccc1OC(C)C. The average Bonchev–Trinajstić information content (AvgIpc) is 3.57. The highest BCUT2D eigenvalue weighted by molar-refractivity contribution is 7.18. The first-order valence-corrected chi connectivity index (χ1v) is 13.9. The zero-order valence-corrected chi connectivity index (χ0v) is 22.4. The van der Waals surface area contributed by atoms with Crippen molar-refractivity contribution in [1.29, 1.82) is 0 Å². The minimum atomic E-state index is 0.0660. The minimum Gasteiger partial charge on any atom is -0.490 e. The van der Waals surface area contributed by atoms with Crippen molar-refractivity contribution in [3.05, 3.63) is 59.3 Å². The number of nitrogens with one attached hydrogen (secondary N) is 2. The van der Waals surface area contributed by atoms with Crippen LogP contribution >= 0.6 is 11.3 Å². The second kappa shape index (κ2) is 11.5. The lowest BCUT2D eigenvalue weighted by Gasteiger charge is -2.27. The molecule has 2 aromatic carbocycles. The van der Waals surface area contributed by atoms with Crippen molar-refractivity contribution in [3.8, 4) is 39.1 Å². The van der Waals surface area contributed by atoms with Crippen LogP contribution in [-0.2, 0) is 11.2 Å². The van der Waals surface area contributed by atoms with Crippen LogP contribution in [0.1, 0.15) is 42.9 Å². The van der Waals surface area contributed by atoms with Crippen LogP contribution in [0.3, 0.4) is 0 Å². The molecule has 192 valence electrons. The van der Waals surface area contributed by atoms with E-state index in [0.717, 1.165) is 67.4 Å². The van der Waals surface area contributed by atoms with Crippen molar-refractivity contribution in [1.82, 2.24) is 20.5 Å². The number of fused-ring (bicyclic) bond motifs is 1. The summed E-state index contributed by atoms with van der Waals surface area (Å²) in [5.41, 5.74) is 5.80. The fourth-order valence-electron chi connectivity index (χ4n) is 5.23. The molecule has 1 aromatic heterocycles. The average molecular weight is 515 g/mol. The van der Waals surface area contributed by atoms with E-state index in [0.29, 0.717) is 12.5 Å². The lowest BCUT2D eigenvalue weighted by molar-refractivity contribution is -0.130. The molecule has 2 aliphatic rings. The number of rotatable bonds is 8. The lowest BCUT2D eigenvalue weighted by atomic mass is 9.98. The number of carbonyl (C=O) groups is 1. The Morgan fingerprint density at radius 3 is 2.92 bits per heavy atom. The molecule has 1 aliphatic carbocycles. The molecule has 5 rings (SSSR count). The molecule has 0 spiro atoms. The second-order valence-corrected chi connectivity index (χ2v) is 11.0. The summed E-state index contributed by atoms with van der Waals surface area (Å²) in [7, 11) is 0. The molecular formula is C30H34N4O2S. The fourth-order valence-corrected chi connectivity index (χ4v) is 6.19. The van der Waals surface area contributed by atoms with Gasteiger partial charge in [-0.05, 0) is 67.5 Å². The Balaban J connectivity index is 1.28. The first kappa shape index (κ1) is 25.5. The van der Waals surface area contributed by atoms with Gasteiger partial charge in [0.1, 0.15) is 10.8 Å². The first-order chi connectivity index (χ1) is 18.0. The maximum Gasteiger partial charge on any atom is 0.236 e. The van der Waals surface area contributed by atoms with Gasteiger partial charge in [-0.2, -0.15) is 0 Å². The second-order valence-electron chi connectivity index (χ2n) is 9.92. The molecule has 6 nitrogen and oxygen atoms in total. The molecule has 1 fully saturated rings. The van der Waals surface area contributed by atoms with Crippen LogP contribution in [0, 0.1) is 12.3 Å². The largest absolute Gasteiger partial charge is 0.490 e. The van der Waals surface area contributed by atoms with E-state index in [1.54, 1.807) is 11.3 Å². The van der Waals surface area contributed by atoms with Crippen molar-refractivity contribution in [2.24, 2.45) is 0 Å². The van der Waals surface area contributed by atoms with Crippen molar-refractivity contribution in [2.45, 2.75) is 38.7 Å². The Kier molecular flexibility index (Phi) is 7.90. The molecule has 1 unspecified atom stereocenters. The molecule has 0 bridgehead atoms. The third-order valence-corrected chi connectivity index (χ3v) is 8.13. The van der Waals surface area contributed by atoms with Gasteiger partial charge in [0.15, 0.2) is 0 Å². The monoisotopic (exact) mass is 514 g/mol. The Morgan fingerprint density at radius 1 is 1.30 bits per heavy atom. The summed E-state index contributed by atoms with van der Waals surface area (Å²) < 4.78 is 5.85. The molecule has 1 amide bonds. The van der Waals surface area contributed by atoms with Gasteiger partial charge in [0.05, 0.1) is 23.1 Å². The van der Waals surface area contributed by atoms with Crippen LogP contribution < -0.4 is 15.4 Å². The summed E-state index contributed by atoms with van der Waals surface area (Å²) in [5, 5.41) is 7.67. The summed E-state index contributed by atoms with van der Waals surface area (Å²) in [6.45, 7) is 8.58. The zero-order chi connectivity index (χ0) is 25.8. The number of hydrogen-bond donors (Lipinski definition) is 2. The molecule has 0 radical (unpaired) electrons. The van der Waals surface area contributed by atoms with Gasteiger partial charge in [-0.15, -0.1) is 17.8 Å². The third kappa shape index (κ3) is 5.72. The summed E-state index contributed by atoms with van der Waals surface area (Å²) in [4.78, 5) is 20.3. The summed E-state index contributed by atoms with van der Waals surface area (Å²) >= 11 is 1.69. The molecule has 0 saturated carbocycles. The van der Waals surface area contributed by atoms with E-state index >= 15 is 0 Å². The van der Waals surface area contributed by atoms with Crippen molar-refractivity contribution >= 4 is 17.2 Å². The van der Waals surface area contributed by atoms with Gasteiger partial charge in [0.25, 0.3) is 0 Å². The van der Waals surface area contributed by atoms with Crippen molar-refractivity contribution in [2.75, 3.05) is 39.3 Å². The first-order valence-electron chi connectivity index (χ1n) is 13.1. The van der Waals surface area contributed by atoms with E-state index < -0.39 is 0 Å². The lowest BCUT2D eigenvalue weighted by Crippen LogP contribution is -2.49. The predicted molar refractivity (Wildman–Crippen MR) is 150 cm³/mol. The highest BCUT2D eigenvalue weighted by Gasteiger charge is 2.26. The number of carbonyl (C=O) groups excluding carboxylic acids is 1. The van der Waals surface area contributed by atoms with E-state index in [1.165, 1.54) is 21.6 Å². The highest BCUT2D eigenvalue weighted by atomic mass is 32.1.